The van der Waals surface area contributed by atoms with E-state index in [-0.39, 0.29) is 18.4 Å². The molecule has 2 unspecified atom stereocenters. The van der Waals surface area contributed by atoms with Gasteiger partial charge in [-0.25, -0.2) is 0 Å². The molecule has 5 heteroatoms. The highest BCUT2D eigenvalue weighted by Gasteiger charge is 2.29. The van der Waals surface area contributed by atoms with Gasteiger partial charge in [0.25, 0.3) is 5.91 Å². The summed E-state index contributed by atoms with van der Waals surface area (Å²) in [4.78, 5) is 22.4. The number of carbonyl (C=O) groups is 2. The summed E-state index contributed by atoms with van der Waals surface area (Å²) in [6.45, 7) is 1.79. The lowest BCUT2D eigenvalue weighted by molar-refractivity contribution is -0.137. The van der Waals surface area contributed by atoms with Gasteiger partial charge in [0.15, 0.2) is 6.10 Å². The summed E-state index contributed by atoms with van der Waals surface area (Å²) in [5, 5.41) is 11.4. The summed E-state index contributed by atoms with van der Waals surface area (Å²) in [5.74, 6) is -0.291. The molecule has 1 aromatic carbocycles. The third kappa shape index (κ3) is 3.47. The van der Waals surface area contributed by atoms with E-state index in [0.717, 1.165) is 11.3 Å². The highest BCUT2D eigenvalue weighted by Crippen LogP contribution is 2.28. The molecule has 2 rings (SSSR count). The molecule has 5 nitrogen and oxygen atoms in total. The standard InChI is InChI=1S/C14H17NO4/c1-9(6-7-13(16)17)15-14(18)12-8-10-4-2-3-5-11(10)19-12/h2-5,9,12H,6-8H2,1H3,(H,15,18)(H,16,17). The number of rotatable bonds is 5. The van der Waals surface area contributed by atoms with Gasteiger partial charge in [0.1, 0.15) is 5.75 Å². The molecule has 1 aliphatic heterocycles. The zero-order valence-electron chi connectivity index (χ0n) is 10.8. The van der Waals surface area contributed by atoms with Crippen LogP contribution in [0.3, 0.4) is 0 Å². The Kier molecular flexibility index (Phi) is 4.04. The number of nitrogens with one attached hydrogen (secondary N) is 1. The van der Waals surface area contributed by atoms with Crippen LogP contribution in [-0.2, 0) is 16.0 Å². The first-order chi connectivity index (χ1) is 9.06. The van der Waals surface area contributed by atoms with Gasteiger partial charge in [-0.3, -0.25) is 9.59 Å². The third-order valence-corrected chi connectivity index (χ3v) is 3.12. The predicted octanol–water partition coefficient (Wildman–Crippen LogP) is 1.36. The third-order valence-electron chi connectivity index (χ3n) is 3.12. The van der Waals surface area contributed by atoms with Gasteiger partial charge in [-0.2, -0.15) is 0 Å². The molecule has 0 spiro atoms. The summed E-state index contributed by atoms with van der Waals surface area (Å²) in [6.07, 6.45) is 0.520. The molecule has 0 fully saturated rings. The molecule has 1 aliphatic rings. The number of hydrogen-bond acceptors (Lipinski definition) is 3. The molecule has 1 heterocycles. The lowest BCUT2D eigenvalue weighted by Crippen LogP contribution is -2.42. The van der Waals surface area contributed by atoms with Crippen molar-refractivity contribution in [2.24, 2.45) is 0 Å². The van der Waals surface area contributed by atoms with Gasteiger partial charge >= 0.3 is 5.97 Å². The fraction of sp³-hybridized carbons (Fsp3) is 0.429. The molecule has 0 bridgehead atoms. The molecule has 0 saturated heterocycles. The average molecular weight is 263 g/mol. The van der Waals surface area contributed by atoms with Gasteiger partial charge in [-0.1, -0.05) is 18.2 Å². The van der Waals surface area contributed by atoms with E-state index in [1.54, 1.807) is 6.92 Å². The summed E-state index contributed by atoms with van der Waals surface area (Å²) < 4.78 is 5.57. The van der Waals surface area contributed by atoms with Gasteiger partial charge in [0.2, 0.25) is 0 Å². The van der Waals surface area contributed by atoms with E-state index < -0.39 is 12.1 Å². The van der Waals surface area contributed by atoms with E-state index in [0.29, 0.717) is 12.8 Å². The lowest BCUT2D eigenvalue weighted by atomic mass is 10.1. The van der Waals surface area contributed by atoms with Crippen LogP contribution < -0.4 is 10.1 Å². The molecule has 0 aliphatic carbocycles. The van der Waals surface area contributed by atoms with Crippen molar-refractivity contribution in [2.45, 2.75) is 38.3 Å². The number of carboxylic acids is 1. The van der Waals surface area contributed by atoms with Gasteiger partial charge in [0, 0.05) is 18.9 Å². The Morgan fingerprint density at radius 2 is 2.21 bits per heavy atom. The number of ether oxygens (including phenoxy) is 1. The maximum atomic E-state index is 12.0. The number of hydrogen-bond donors (Lipinski definition) is 2. The number of fused-ring (bicyclic) bond motifs is 1. The van der Waals surface area contributed by atoms with Crippen LogP contribution in [0, 0.1) is 0 Å². The van der Waals surface area contributed by atoms with Crippen molar-refractivity contribution in [3.05, 3.63) is 29.8 Å². The minimum absolute atomic E-state index is 0.0488. The highest BCUT2D eigenvalue weighted by atomic mass is 16.5. The van der Waals surface area contributed by atoms with Crippen molar-refractivity contribution < 1.29 is 19.4 Å². The van der Waals surface area contributed by atoms with Crippen molar-refractivity contribution in [2.75, 3.05) is 0 Å². The van der Waals surface area contributed by atoms with Crippen molar-refractivity contribution in [1.29, 1.82) is 0 Å². The van der Waals surface area contributed by atoms with Crippen molar-refractivity contribution >= 4 is 11.9 Å². The Hall–Kier alpha value is -2.04. The van der Waals surface area contributed by atoms with Crippen molar-refractivity contribution in [3.8, 4) is 5.75 Å². The minimum atomic E-state index is -0.856. The van der Waals surface area contributed by atoms with Crippen molar-refractivity contribution in [3.63, 3.8) is 0 Å². The van der Waals surface area contributed by atoms with Crippen LogP contribution in [0.4, 0.5) is 0 Å². The lowest BCUT2D eigenvalue weighted by Gasteiger charge is -2.16. The van der Waals surface area contributed by atoms with E-state index >= 15 is 0 Å². The maximum Gasteiger partial charge on any atom is 0.303 e. The molecule has 0 radical (unpaired) electrons. The second-order valence-electron chi connectivity index (χ2n) is 4.76. The Morgan fingerprint density at radius 3 is 2.89 bits per heavy atom. The van der Waals surface area contributed by atoms with Gasteiger partial charge in [-0.05, 0) is 25.0 Å². The normalized spacial score (nSPS) is 18.3. The van der Waals surface area contributed by atoms with Crippen LogP contribution in [0.2, 0.25) is 0 Å². The Balaban J connectivity index is 1.84. The van der Waals surface area contributed by atoms with E-state index in [2.05, 4.69) is 5.32 Å². The molecule has 0 aromatic heterocycles. The number of carboxylic acid groups (broad SMARTS) is 1. The molecule has 102 valence electrons. The summed E-state index contributed by atoms with van der Waals surface area (Å²) in [5.41, 5.74) is 1.03. The first-order valence-electron chi connectivity index (χ1n) is 6.33. The molecule has 2 N–H and O–H groups in total. The Labute approximate surface area is 111 Å². The molecule has 1 aromatic rings. The van der Waals surface area contributed by atoms with Gasteiger partial charge < -0.3 is 15.2 Å². The molecule has 2 atom stereocenters. The summed E-state index contributed by atoms with van der Waals surface area (Å²) >= 11 is 0. The van der Waals surface area contributed by atoms with E-state index in [1.165, 1.54) is 0 Å². The number of para-hydroxylation sites is 1. The van der Waals surface area contributed by atoms with E-state index in [1.807, 2.05) is 24.3 Å². The number of aliphatic carboxylic acids is 1. The van der Waals surface area contributed by atoms with Crippen LogP contribution in [0.15, 0.2) is 24.3 Å². The smallest absolute Gasteiger partial charge is 0.303 e. The maximum absolute atomic E-state index is 12.0. The quantitative estimate of drug-likeness (QED) is 0.841. The topological polar surface area (TPSA) is 75.6 Å². The fourth-order valence-corrected chi connectivity index (χ4v) is 2.08. The second-order valence-corrected chi connectivity index (χ2v) is 4.76. The van der Waals surface area contributed by atoms with E-state index in [9.17, 15) is 9.59 Å². The Bertz CT molecular complexity index is 461. The van der Waals surface area contributed by atoms with E-state index in [4.69, 9.17) is 9.84 Å². The van der Waals surface area contributed by atoms with Crippen LogP contribution in [-0.4, -0.2) is 29.1 Å². The summed E-state index contributed by atoms with van der Waals surface area (Å²) in [7, 11) is 0. The van der Waals surface area contributed by atoms with Gasteiger partial charge in [-0.15, -0.1) is 0 Å². The zero-order chi connectivity index (χ0) is 13.8. The molecular formula is C14H17NO4. The minimum Gasteiger partial charge on any atom is -0.481 e. The zero-order valence-corrected chi connectivity index (χ0v) is 10.8. The summed E-state index contributed by atoms with van der Waals surface area (Å²) in [6, 6.07) is 7.40. The first-order valence-corrected chi connectivity index (χ1v) is 6.33. The average Bonchev–Trinajstić information content (AvgIpc) is 2.80. The van der Waals surface area contributed by atoms with Crippen molar-refractivity contribution in [1.82, 2.24) is 5.32 Å². The number of carbonyl (C=O) groups excluding carboxylic acids is 1. The molecule has 1 amide bonds. The van der Waals surface area contributed by atoms with Gasteiger partial charge in [0.05, 0.1) is 0 Å². The van der Waals surface area contributed by atoms with Crippen LogP contribution in [0.25, 0.3) is 0 Å². The number of amides is 1. The largest absolute Gasteiger partial charge is 0.481 e. The highest BCUT2D eigenvalue weighted by molar-refractivity contribution is 5.82. The first kappa shape index (κ1) is 13.4. The predicted molar refractivity (Wildman–Crippen MR) is 69.0 cm³/mol. The molecule has 19 heavy (non-hydrogen) atoms. The monoisotopic (exact) mass is 263 g/mol. The van der Waals surface area contributed by atoms with Crippen LogP contribution >= 0.6 is 0 Å². The SMILES string of the molecule is CC(CCC(=O)O)NC(=O)C1Cc2ccccc2O1. The number of benzene rings is 1. The fourth-order valence-electron chi connectivity index (χ4n) is 2.08. The second kappa shape index (κ2) is 5.73. The Morgan fingerprint density at radius 1 is 1.47 bits per heavy atom. The molecule has 0 saturated carbocycles. The van der Waals surface area contributed by atoms with Crippen LogP contribution in [0.5, 0.6) is 5.75 Å². The van der Waals surface area contributed by atoms with Crippen LogP contribution in [0.1, 0.15) is 25.3 Å². The molecular weight excluding hydrogens is 246 g/mol.